The number of hydrogen-bond acceptors (Lipinski definition) is 2. The van der Waals surface area contributed by atoms with E-state index in [1.165, 1.54) is 0 Å². The number of allylic oxidation sites excluding steroid dienone is 3. The first kappa shape index (κ1) is 10.6. The zero-order chi connectivity index (χ0) is 9.56. The Hall–Kier alpha value is -1.38. The Morgan fingerprint density at radius 2 is 2.17 bits per heavy atom. The molecule has 1 amide bonds. The number of aliphatic imine (C=N–C) groups is 1. The van der Waals surface area contributed by atoms with Gasteiger partial charge in [0.25, 0.3) is 5.91 Å². The summed E-state index contributed by atoms with van der Waals surface area (Å²) in [7, 11) is 1.56. The Labute approximate surface area is 72.9 Å². The quantitative estimate of drug-likeness (QED) is 0.383. The molecule has 0 fully saturated rings. The second-order valence-electron chi connectivity index (χ2n) is 2.30. The highest BCUT2D eigenvalue weighted by Crippen LogP contribution is 2.02. The van der Waals surface area contributed by atoms with Gasteiger partial charge in [0.15, 0.2) is 0 Å². The van der Waals surface area contributed by atoms with Crippen molar-refractivity contribution in [3.8, 4) is 0 Å². The third-order valence-corrected chi connectivity index (χ3v) is 1.45. The lowest BCUT2D eigenvalue weighted by atomic mass is 10.2. The average molecular weight is 166 g/mol. The van der Waals surface area contributed by atoms with Gasteiger partial charge in [0.2, 0.25) is 0 Å². The number of rotatable bonds is 3. The number of amides is 1. The van der Waals surface area contributed by atoms with Crippen molar-refractivity contribution in [1.82, 2.24) is 5.32 Å². The highest BCUT2D eigenvalue weighted by Gasteiger charge is 2.02. The monoisotopic (exact) mass is 166 g/mol. The molecule has 0 aromatic carbocycles. The first-order valence-electron chi connectivity index (χ1n) is 3.69. The number of nitrogens with one attached hydrogen (secondary N) is 1. The van der Waals surface area contributed by atoms with Gasteiger partial charge in [-0.2, -0.15) is 0 Å². The maximum absolute atomic E-state index is 11.1. The fourth-order valence-corrected chi connectivity index (χ4v) is 0.610. The summed E-state index contributed by atoms with van der Waals surface area (Å²) in [5.41, 5.74) is 1.33. The van der Waals surface area contributed by atoms with Crippen LogP contribution in [-0.4, -0.2) is 19.7 Å². The van der Waals surface area contributed by atoms with E-state index in [-0.39, 0.29) is 5.91 Å². The molecule has 1 N–H and O–H groups in total. The van der Waals surface area contributed by atoms with Crippen molar-refractivity contribution >= 4 is 12.6 Å². The van der Waals surface area contributed by atoms with Gasteiger partial charge < -0.3 is 5.32 Å². The minimum absolute atomic E-state index is 0.216. The van der Waals surface area contributed by atoms with Crippen LogP contribution in [0.3, 0.4) is 0 Å². The van der Waals surface area contributed by atoms with Crippen LogP contribution in [0, 0.1) is 0 Å². The van der Waals surface area contributed by atoms with E-state index in [0.717, 1.165) is 5.57 Å². The third kappa shape index (κ3) is 3.14. The second-order valence-corrected chi connectivity index (χ2v) is 2.30. The lowest BCUT2D eigenvalue weighted by molar-refractivity contribution is -0.117. The van der Waals surface area contributed by atoms with E-state index >= 15 is 0 Å². The summed E-state index contributed by atoms with van der Waals surface area (Å²) in [5.74, 6) is -0.216. The van der Waals surface area contributed by atoms with Crippen molar-refractivity contribution in [2.24, 2.45) is 4.99 Å². The summed E-state index contributed by atoms with van der Waals surface area (Å²) in [5, 5.41) is 2.48. The van der Waals surface area contributed by atoms with Gasteiger partial charge in [0, 0.05) is 7.05 Å². The highest BCUT2D eigenvalue weighted by atomic mass is 16.1. The third-order valence-electron chi connectivity index (χ3n) is 1.45. The highest BCUT2D eigenvalue weighted by molar-refractivity contribution is 5.93. The molecule has 0 unspecified atom stereocenters. The Morgan fingerprint density at radius 3 is 2.50 bits per heavy atom. The van der Waals surface area contributed by atoms with Gasteiger partial charge >= 0.3 is 0 Å². The first-order valence-corrected chi connectivity index (χ1v) is 3.69. The van der Waals surface area contributed by atoms with Crippen LogP contribution in [0.1, 0.15) is 13.8 Å². The van der Waals surface area contributed by atoms with Gasteiger partial charge in [-0.15, -0.1) is 0 Å². The molecular formula is C9H14N2O. The van der Waals surface area contributed by atoms with Crippen LogP contribution in [0.4, 0.5) is 0 Å². The van der Waals surface area contributed by atoms with E-state index in [0.29, 0.717) is 5.70 Å². The number of hydrogen-bond donors (Lipinski definition) is 1. The van der Waals surface area contributed by atoms with Gasteiger partial charge in [-0.1, -0.05) is 11.6 Å². The van der Waals surface area contributed by atoms with E-state index < -0.39 is 0 Å². The summed E-state index contributed by atoms with van der Waals surface area (Å²) < 4.78 is 0. The molecule has 0 saturated heterocycles. The van der Waals surface area contributed by atoms with E-state index in [2.05, 4.69) is 17.0 Å². The van der Waals surface area contributed by atoms with Crippen molar-refractivity contribution in [3.05, 3.63) is 23.4 Å². The molecule has 0 spiro atoms. The van der Waals surface area contributed by atoms with Crippen LogP contribution >= 0.6 is 0 Å². The molecular weight excluding hydrogens is 152 g/mol. The van der Waals surface area contributed by atoms with E-state index in [4.69, 9.17) is 0 Å². The second kappa shape index (κ2) is 5.29. The summed E-state index contributed by atoms with van der Waals surface area (Å²) in [6, 6.07) is 0. The van der Waals surface area contributed by atoms with Crippen molar-refractivity contribution < 1.29 is 4.79 Å². The smallest absolute Gasteiger partial charge is 0.269 e. The van der Waals surface area contributed by atoms with E-state index in [1.54, 1.807) is 13.1 Å². The lowest BCUT2D eigenvalue weighted by Gasteiger charge is -1.98. The molecule has 0 aliphatic carbocycles. The lowest BCUT2D eigenvalue weighted by Crippen LogP contribution is -2.19. The molecule has 12 heavy (non-hydrogen) atoms. The fourth-order valence-electron chi connectivity index (χ4n) is 0.610. The first-order chi connectivity index (χ1) is 5.65. The molecule has 3 heteroatoms. The Kier molecular flexibility index (Phi) is 4.69. The van der Waals surface area contributed by atoms with Crippen LogP contribution in [0.15, 0.2) is 28.4 Å². The molecule has 0 saturated carbocycles. The summed E-state index contributed by atoms with van der Waals surface area (Å²) in [6.45, 7) is 7.11. The minimum Gasteiger partial charge on any atom is -0.354 e. The van der Waals surface area contributed by atoms with Crippen LogP contribution < -0.4 is 5.32 Å². The zero-order valence-electron chi connectivity index (χ0n) is 7.72. The standard InChI is InChI=1S/C9H14N2O/c1-5-7(2)6-8(10-3)9(12)11-4/h5-6H,3H2,1-2,4H3,(H,11,12)/b7-5-,8-6-. The van der Waals surface area contributed by atoms with Gasteiger partial charge in [-0.25, -0.2) is 0 Å². The molecule has 0 aliphatic heterocycles. The summed E-state index contributed by atoms with van der Waals surface area (Å²) >= 11 is 0. The summed E-state index contributed by atoms with van der Waals surface area (Å²) in [6.07, 6.45) is 3.58. The van der Waals surface area contributed by atoms with Gasteiger partial charge in [0.05, 0.1) is 0 Å². The van der Waals surface area contributed by atoms with Crippen LogP contribution in [0.5, 0.6) is 0 Å². The van der Waals surface area contributed by atoms with Gasteiger partial charge in [0.1, 0.15) is 5.70 Å². The average Bonchev–Trinajstić information content (AvgIpc) is 2.12. The van der Waals surface area contributed by atoms with Crippen LogP contribution in [-0.2, 0) is 4.79 Å². The number of nitrogens with zero attached hydrogens (tertiary/aromatic N) is 1. The van der Waals surface area contributed by atoms with Gasteiger partial charge in [-0.05, 0) is 26.6 Å². The SMILES string of the molecule is C=N/C(=C\C(C)=C/C)C(=O)NC. The van der Waals surface area contributed by atoms with Crippen LogP contribution in [0.2, 0.25) is 0 Å². The Balaban J connectivity index is 4.66. The molecule has 0 aromatic rings. The van der Waals surface area contributed by atoms with Crippen molar-refractivity contribution in [3.63, 3.8) is 0 Å². The molecule has 0 heterocycles. The molecule has 0 aromatic heterocycles. The molecule has 3 nitrogen and oxygen atoms in total. The van der Waals surface area contributed by atoms with Crippen molar-refractivity contribution in [2.45, 2.75) is 13.8 Å². The summed E-state index contributed by atoms with van der Waals surface area (Å²) in [4.78, 5) is 14.7. The molecule has 0 atom stereocenters. The number of likely N-dealkylation sites (N-methyl/N-ethyl adjacent to an activating group) is 1. The Bertz CT molecular complexity index is 239. The predicted molar refractivity (Wildman–Crippen MR) is 51.1 cm³/mol. The van der Waals surface area contributed by atoms with E-state index in [1.807, 2.05) is 19.9 Å². The maximum Gasteiger partial charge on any atom is 0.269 e. The molecule has 66 valence electrons. The zero-order valence-corrected chi connectivity index (χ0v) is 7.72. The minimum atomic E-state index is -0.216. The topological polar surface area (TPSA) is 41.5 Å². The molecule has 0 radical (unpaired) electrons. The number of carbonyl (C=O) groups excluding carboxylic acids is 1. The van der Waals surface area contributed by atoms with Crippen molar-refractivity contribution in [1.29, 1.82) is 0 Å². The van der Waals surface area contributed by atoms with Crippen LogP contribution in [0.25, 0.3) is 0 Å². The van der Waals surface area contributed by atoms with E-state index in [9.17, 15) is 4.79 Å². The Morgan fingerprint density at radius 1 is 1.58 bits per heavy atom. The molecule has 0 bridgehead atoms. The van der Waals surface area contributed by atoms with Gasteiger partial charge in [-0.3, -0.25) is 9.79 Å². The largest absolute Gasteiger partial charge is 0.354 e. The fraction of sp³-hybridized carbons (Fsp3) is 0.333. The maximum atomic E-state index is 11.1. The van der Waals surface area contributed by atoms with Crippen molar-refractivity contribution in [2.75, 3.05) is 7.05 Å². The molecule has 0 aliphatic rings. The predicted octanol–water partition coefficient (Wildman–Crippen LogP) is 1.28. The normalized spacial score (nSPS) is 12.6. The molecule has 0 rings (SSSR count). The number of carbonyl (C=O) groups is 1.